The molecule has 6 heteroatoms. The first-order valence-corrected chi connectivity index (χ1v) is 8.07. The fraction of sp³-hybridized carbons (Fsp3) is 0.211. The van der Waals surface area contributed by atoms with Crippen LogP contribution in [0.4, 0.5) is 5.69 Å². The first kappa shape index (κ1) is 16.7. The van der Waals surface area contributed by atoms with Crippen LogP contribution in [0.15, 0.2) is 53.1 Å². The molecule has 1 heterocycles. The number of benzene rings is 2. The molecule has 1 amide bonds. The molecular formula is C19H19N3O3. The van der Waals surface area contributed by atoms with Gasteiger partial charge in [0.05, 0.1) is 5.56 Å². The van der Waals surface area contributed by atoms with Crippen molar-refractivity contribution in [2.24, 2.45) is 0 Å². The summed E-state index contributed by atoms with van der Waals surface area (Å²) in [6.07, 6.45) is 0.839. The Bertz CT molecular complexity index is 874. The largest absolute Gasteiger partial charge is 0.485 e. The number of nitrogens with zero attached hydrogens (tertiary/aromatic N) is 2. The summed E-state index contributed by atoms with van der Waals surface area (Å²) in [6.45, 7) is 3.89. The maximum absolute atomic E-state index is 12.7. The van der Waals surface area contributed by atoms with E-state index in [0.29, 0.717) is 23.0 Å². The van der Waals surface area contributed by atoms with Crippen LogP contribution in [0, 0.1) is 6.92 Å². The molecule has 0 saturated heterocycles. The molecule has 0 aliphatic heterocycles. The van der Waals surface area contributed by atoms with Crippen LogP contribution in [0.25, 0.3) is 0 Å². The van der Waals surface area contributed by atoms with Crippen molar-refractivity contribution >= 4 is 11.6 Å². The van der Waals surface area contributed by atoms with Crippen molar-refractivity contribution in [1.82, 2.24) is 10.1 Å². The normalized spacial score (nSPS) is 10.5. The number of anilines is 1. The average molecular weight is 337 g/mol. The topological polar surface area (TPSA) is 77.2 Å². The van der Waals surface area contributed by atoms with E-state index >= 15 is 0 Å². The average Bonchev–Trinajstić information content (AvgIpc) is 3.06. The Morgan fingerprint density at radius 1 is 1.16 bits per heavy atom. The number of carbonyl (C=O) groups excluding carboxylic acids is 1. The third-order valence-corrected chi connectivity index (χ3v) is 3.70. The van der Waals surface area contributed by atoms with Gasteiger partial charge in [-0.2, -0.15) is 4.98 Å². The minimum atomic E-state index is -0.221. The van der Waals surface area contributed by atoms with E-state index in [0.717, 1.165) is 17.7 Å². The summed E-state index contributed by atoms with van der Waals surface area (Å²) in [5.74, 6) is 1.15. The zero-order valence-electron chi connectivity index (χ0n) is 14.2. The summed E-state index contributed by atoms with van der Waals surface area (Å²) in [7, 11) is 0. The predicted molar refractivity (Wildman–Crippen MR) is 93.6 cm³/mol. The molecule has 0 aliphatic carbocycles. The predicted octanol–water partition coefficient (Wildman–Crippen LogP) is 3.77. The lowest BCUT2D eigenvalue weighted by Crippen LogP contribution is -2.15. The van der Waals surface area contributed by atoms with Gasteiger partial charge in [0.15, 0.2) is 6.61 Å². The lowest BCUT2D eigenvalue weighted by molar-refractivity contribution is 0.102. The Balaban J connectivity index is 1.76. The molecule has 0 atom stereocenters. The van der Waals surface area contributed by atoms with Crippen molar-refractivity contribution in [2.75, 3.05) is 5.32 Å². The number of aromatic nitrogens is 2. The highest BCUT2D eigenvalue weighted by Crippen LogP contribution is 2.22. The smallest absolute Gasteiger partial charge is 0.259 e. The highest BCUT2D eigenvalue weighted by atomic mass is 16.5. The molecule has 1 aromatic heterocycles. The van der Waals surface area contributed by atoms with Gasteiger partial charge in [-0.3, -0.25) is 4.79 Å². The number of hydrogen-bond donors (Lipinski definition) is 1. The second-order valence-electron chi connectivity index (χ2n) is 5.48. The molecule has 0 unspecified atom stereocenters. The van der Waals surface area contributed by atoms with Crippen molar-refractivity contribution in [3.05, 3.63) is 71.4 Å². The molecule has 0 bridgehead atoms. The Morgan fingerprint density at radius 3 is 2.68 bits per heavy atom. The molecule has 0 radical (unpaired) electrons. The van der Waals surface area contributed by atoms with Crippen molar-refractivity contribution in [3.63, 3.8) is 0 Å². The number of amides is 1. The van der Waals surface area contributed by atoms with E-state index < -0.39 is 0 Å². The van der Waals surface area contributed by atoms with E-state index in [1.54, 1.807) is 25.1 Å². The SMILES string of the molecule is CCc1ccccc1NC(=O)c1ccccc1OCc1noc(C)n1. The third-order valence-electron chi connectivity index (χ3n) is 3.70. The highest BCUT2D eigenvalue weighted by Gasteiger charge is 2.14. The summed E-state index contributed by atoms with van der Waals surface area (Å²) < 4.78 is 10.6. The van der Waals surface area contributed by atoms with Gasteiger partial charge < -0.3 is 14.6 Å². The first-order chi connectivity index (χ1) is 12.2. The molecule has 6 nitrogen and oxygen atoms in total. The second-order valence-corrected chi connectivity index (χ2v) is 5.48. The first-order valence-electron chi connectivity index (χ1n) is 8.07. The van der Waals surface area contributed by atoms with Crippen LogP contribution in [0.1, 0.15) is 34.6 Å². The summed E-state index contributed by atoms with van der Waals surface area (Å²) in [4.78, 5) is 16.8. The molecule has 25 heavy (non-hydrogen) atoms. The maximum Gasteiger partial charge on any atom is 0.259 e. The Kier molecular flexibility index (Phi) is 5.09. The van der Waals surface area contributed by atoms with Crippen LogP contribution in [0.2, 0.25) is 0 Å². The zero-order chi connectivity index (χ0) is 17.6. The standard InChI is InChI=1S/C19H19N3O3/c1-3-14-8-4-6-10-16(14)21-19(23)15-9-5-7-11-17(15)24-12-18-20-13(2)25-22-18/h4-11H,3,12H2,1-2H3,(H,21,23). The van der Waals surface area contributed by atoms with Gasteiger partial charge in [0.2, 0.25) is 11.7 Å². The third kappa shape index (κ3) is 4.03. The Hall–Kier alpha value is -3.15. The van der Waals surface area contributed by atoms with E-state index in [1.807, 2.05) is 30.3 Å². The van der Waals surface area contributed by atoms with E-state index in [4.69, 9.17) is 9.26 Å². The lowest BCUT2D eigenvalue weighted by Gasteiger charge is -2.12. The zero-order valence-corrected chi connectivity index (χ0v) is 14.2. The Morgan fingerprint density at radius 2 is 1.92 bits per heavy atom. The minimum Gasteiger partial charge on any atom is -0.485 e. The molecule has 3 aromatic rings. The summed E-state index contributed by atoms with van der Waals surface area (Å²) in [5.41, 5.74) is 2.34. The molecule has 3 rings (SSSR count). The van der Waals surface area contributed by atoms with Crippen molar-refractivity contribution < 1.29 is 14.1 Å². The van der Waals surface area contributed by atoms with Gasteiger partial charge in [0.1, 0.15) is 5.75 Å². The summed E-state index contributed by atoms with van der Waals surface area (Å²) in [5, 5.41) is 6.74. The van der Waals surface area contributed by atoms with E-state index in [-0.39, 0.29) is 12.5 Å². The number of para-hydroxylation sites is 2. The quantitative estimate of drug-likeness (QED) is 0.741. The number of nitrogens with one attached hydrogen (secondary N) is 1. The van der Waals surface area contributed by atoms with Gasteiger partial charge in [-0.25, -0.2) is 0 Å². The van der Waals surface area contributed by atoms with Crippen LogP contribution in [0.5, 0.6) is 5.75 Å². The fourth-order valence-corrected chi connectivity index (χ4v) is 2.46. The van der Waals surface area contributed by atoms with Crippen LogP contribution in [-0.2, 0) is 13.0 Å². The number of hydrogen-bond acceptors (Lipinski definition) is 5. The number of ether oxygens (including phenoxy) is 1. The molecule has 0 spiro atoms. The van der Waals surface area contributed by atoms with Crippen LogP contribution in [-0.4, -0.2) is 16.0 Å². The molecular weight excluding hydrogens is 318 g/mol. The number of rotatable bonds is 6. The van der Waals surface area contributed by atoms with Crippen LogP contribution in [0.3, 0.4) is 0 Å². The molecule has 0 fully saturated rings. The summed E-state index contributed by atoms with van der Waals surface area (Å²) >= 11 is 0. The molecule has 0 saturated carbocycles. The van der Waals surface area contributed by atoms with Gasteiger partial charge in [0.25, 0.3) is 5.91 Å². The van der Waals surface area contributed by atoms with Gasteiger partial charge in [-0.15, -0.1) is 0 Å². The van der Waals surface area contributed by atoms with Crippen molar-refractivity contribution in [2.45, 2.75) is 26.9 Å². The maximum atomic E-state index is 12.7. The minimum absolute atomic E-state index is 0.132. The van der Waals surface area contributed by atoms with Crippen molar-refractivity contribution in [1.29, 1.82) is 0 Å². The Labute approximate surface area is 145 Å². The molecule has 0 aliphatic rings. The van der Waals surface area contributed by atoms with Crippen molar-refractivity contribution in [3.8, 4) is 5.75 Å². The second kappa shape index (κ2) is 7.61. The number of aryl methyl sites for hydroxylation is 2. The van der Waals surface area contributed by atoms with E-state index in [9.17, 15) is 4.79 Å². The fourth-order valence-electron chi connectivity index (χ4n) is 2.46. The summed E-state index contributed by atoms with van der Waals surface area (Å²) in [6, 6.07) is 14.8. The van der Waals surface area contributed by atoms with E-state index in [2.05, 4.69) is 22.4 Å². The van der Waals surface area contributed by atoms with Gasteiger partial charge >= 0.3 is 0 Å². The monoisotopic (exact) mass is 337 g/mol. The van der Waals surface area contributed by atoms with Gasteiger partial charge in [-0.05, 0) is 30.2 Å². The van der Waals surface area contributed by atoms with Crippen LogP contribution >= 0.6 is 0 Å². The molecule has 1 N–H and O–H groups in total. The van der Waals surface area contributed by atoms with Gasteiger partial charge in [0, 0.05) is 12.6 Å². The lowest BCUT2D eigenvalue weighted by atomic mass is 10.1. The van der Waals surface area contributed by atoms with Gasteiger partial charge in [-0.1, -0.05) is 42.4 Å². The highest BCUT2D eigenvalue weighted by molar-refractivity contribution is 6.06. The number of carbonyl (C=O) groups is 1. The van der Waals surface area contributed by atoms with E-state index in [1.165, 1.54) is 0 Å². The van der Waals surface area contributed by atoms with Crippen LogP contribution < -0.4 is 10.1 Å². The molecule has 128 valence electrons. The molecule has 2 aromatic carbocycles.